The number of hydrogen-bond donors (Lipinski definition) is 4. The van der Waals surface area contributed by atoms with Gasteiger partial charge in [0.05, 0.1) is 25.4 Å². The number of aromatic hydroxyl groups is 2. The molecular formula is C29H36O8. The number of aliphatic carboxylic acids is 2. The Morgan fingerprint density at radius 1 is 0.757 bits per heavy atom. The number of carboxylic acid groups (broad SMARTS) is 2. The van der Waals surface area contributed by atoms with Crippen LogP contribution in [0.5, 0.6) is 11.5 Å². The number of phenolic OH excluding ortho intramolecular Hbond substituents is 2. The minimum atomic E-state index is -0.847. The van der Waals surface area contributed by atoms with E-state index in [0.29, 0.717) is 11.1 Å². The number of carbonyl (C=O) groups is 2. The molecule has 8 nitrogen and oxygen atoms in total. The Hall–Kier alpha value is -3.62. The van der Waals surface area contributed by atoms with Crippen LogP contribution in [0.2, 0.25) is 0 Å². The van der Waals surface area contributed by atoms with Gasteiger partial charge in [0.2, 0.25) is 0 Å². The third kappa shape index (κ3) is 10.9. The molecule has 0 aliphatic carbocycles. The van der Waals surface area contributed by atoms with E-state index in [0.717, 1.165) is 37.2 Å². The summed E-state index contributed by atoms with van der Waals surface area (Å²) in [5.74, 6) is -1.15. The first kappa shape index (κ1) is 29.6. The largest absolute Gasteiger partial charge is 0.508 e. The summed E-state index contributed by atoms with van der Waals surface area (Å²) in [5, 5.41) is 35.4. The van der Waals surface area contributed by atoms with E-state index >= 15 is 0 Å². The zero-order valence-electron chi connectivity index (χ0n) is 21.7. The molecule has 2 aromatic carbocycles. The van der Waals surface area contributed by atoms with Crippen molar-refractivity contribution >= 4 is 11.9 Å². The molecule has 0 amide bonds. The fraction of sp³-hybridized carbons (Fsp3) is 0.379. The Kier molecular flexibility index (Phi) is 10.9. The molecule has 0 aromatic heterocycles. The highest BCUT2D eigenvalue weighted by Crippen LogP contribution is 2.32. The summed E-state index contributed by atoms with van der Waals surface area (Å²) in [4.78, 5) is 20.4. The average molecular weight is 513 g/mol. The number of rotatable bonds is 8. The molecule has 0 radical (unpaired) electrons. The lowest BCUT2D eigenvalue weighted by Crippen LogP contribution is -2.18. The Balaban J connectivity index is 0.000000208. The van der Waals surface area contributed by atoms with Crippen molar-refractivity contribution in [3.05, 3.63) is 83.0 Å². The lowest BCUT2D eigenvalue weighted by atomic mass is 9.78. The van der Waals surface area contributed by atoms with Crippen LogP contribution in [0.3, 0.4) is 0 Å². The third-order valence-corrected chi connectivity index (χ3v) is 6.03. The standard InChI is InChI=1S/C15H16O2.2C7H10O3/c1-15(2,11-3-7-13(16)8-4-11)12-5-9-14(17)10-6-12;2*1-5(7(8)9)2-3-6-4-10-6/h3-10,16-17H,1-2H3;2*2,6H,3-4H2,1H3,(H,8,9). The highest BCUT2D eigenvalue weighted by atomic mass is 16.6. The van der Waals surface area contributed by atoms with Gasteiger partial charge in [-0.2, -0.15) is 0 Å². The summed E-state index contributed by atoms with van der Waals surface area (Å²) in [6.45, 7) is 8.97. The first-order valence-corrected chi connectivity index (χ1v) is 12.0. The van der Waals surface area contributed by atoms with E-state index in [1.54, 1.807) is 50.3 Å². The lowest BCUT2D eigenvalue weighted by Gasteiger charge is -2.26. The van der Waals surface area contributed by atoms with Gasteiger partial charge in [-0.05, 0) is 62.1 Å². The molecule has 0 saturated carbocycles. The topological polar surface area (TPSA) is 140 Å². The molecular weight excluding hydrogens is 476 g/mol. The number of benzene rings is 2. The summed E-state index contributed by atoms with van der Waals surface area (Å²) in [6, 6.07) is 14.4. The fourth-order valence-electron chi connectivity index (χ4n) is 3.12. The molecule has 0 bridgehead atoms. The van der Waals surface area contributed by atoms with E-state index in [1.165, 1.54) is 0 Å². The van der Waals surface area contributed by atoms with Gasteiger partial charge >= 0.3 is 11.9 Å². The molecule has 200 valence electrons. The normalized spacial score (nSPS) is 18.5. The van der Waals surface area contributed by atoms with Gasteiger partial charge in [0.25, 0.3) is 0 Å². The van der Waals surface area contributed by atoms with Crippen molar-refractivity contribution in [1.82, 2.24) is 0 Å². The molecule has 4 N–H and O–H groups in total. The maximum absolute atomic E-state index is 10.2. The van der Waals surface area contributed by atoms with Gasteiger partial charge in [-0.1, -0.05) is 50.3 Å². The zero-order valence-corrected chi connectivity index (χ0v) is 21.7. The predicted octanol–water partition coefficient (Wildman–Crippen LogP) is 5.04. The minimum Gasteiger partial charge on any atom is -0.508 e. The zero-order chi connectivity index (χ0) is 27.6. The van der Waals surface area contributed by atoms with Crippen LogP contribution in [0, 0.1) is 0 Å². The molecule has 2 saturated heterocycles. The van der Waals surface area contributed by atoms with Crippen LogP contribution in [0.15, 0.2) is 71.8 Å². The van der Waals surface area contributed by atoms with E-state index in [2.05, 4.69) is 13.8 Å². The van der Waals surface area contributed by atoms with Gasteiger partial charge in [0.1, 0.15) is 11.5 Å². The molecule has 37 heavy (non-hydrogen) atoms. The second kappa shape index (κ2) is 13.6. The first-order valence-electron chi connectivity index (χ1n) is 12.0. The second-order valence-corrected chi connectivity index (χ2v) is 9.49. The van der Waals surface area contributed by atoms with Crippen molar-refractivity contribution in [3.8, 4) is 11.5 Å². The monoisotopic (exact) mass is 512 g/mol. The molecule has 2 aromatic rings. The van der Waals surface area contributed by atoms with Gasteiger partial charge in [-0.3, -0.25) is 0 Å². The van der Waals surface area contributed by atoms with Gasteiger partial charge in [0.15, 0.2) is 0 Å². The van der Waals surface area contributed by atoms with Crippen LogP contribution in [0.25, 0.3) is 0 Å². The molecule has 2 aliphatic rings. The molecule has 8 heteroatoms. The Bertz CT molecular complexity index is 1000. The maximum atomic E-state index is 10.2. The number of epoxide rings is 2. The van der Waals surface area contributed by atoms with Crippen LogP contribution in [-0.4, -0.2) is 57.8 Å². The molecule has 2 aliphatic heterocycles. The minimum absolute atomic E-state index is 0.151. The highest BCUT2D eigenvalue weighted by Gasteiger charge is 2.23. The summed E-state index contributed by atoms with van der Waals surface area (Å²) >= 11 is 0. The quantitative estimate of drug-likeness (QED) is 0.285. The van der Waals surface area contributed by atoms with Crippen molar-refractivity contribution in [2.45, 2.75) is 58.2 Å². The molecule has 0 spiro atoms. The SMILES string of the molecule is CC(=CCC1CO1)C(=O)O.CC(=CCC1CO1)C(=O)O.CC(C)(c1ccc(O)cc1)c1ccc(O)cc1. The summed E-state index contributed by atoms with van der Waals surface area (Å²) in [6.07, 6.45) is 5.43. The Labute approximate surface area is 217 Å². The van der Waals surface area contributed by atoms with Crippen LogP contribution < -0.4 is 0 Å². The Morgan fingerprint density at radius 2 is 1.05 bits per heavy atom. The number of hydrogen-bond acceptors (Lipinski definition) is 6. The predicted molar refractivity (Wildman–Crippen MR) is 140 cm³/mol. The van der Waals surface area contributed by atoms with E-state index in [1.807, 2.05) is 24.3 Å². The molecule has 2 heterocycles. The van der Waals surface area contributed by atoms with Crippen LogP contribution >= 0.6 is 0 Å². The molecule has 2 atom stereocenters. The smallest absolute Gasteiger partial charge is 0.330 e. The van der Waals surface area contributed by atoms with Gasteiger partial charge < -0.3 is 29.9 Å². The van der Waals surface area contributed by atoms with Crippen LogP contribution in [0.1, 0.15) is 51.7 Å². The second-order valence-electron chi connectivity index (χ2n) is 9.49. The van der Waals surface area contributed by atoms with E-state index in [-0.39, 0.29) is 29.1 Å². The Morgan fingerprint density at radius 3 is 1.30 bits per heavy atom. The lowest BCUT2D eigenvalue weighted by molar-refractivity contribution is -0.133. The van der Waals surface area contributed by atoms with E-state index in [4.69, 9.17) is 19.7 Å². The van der Waals surface area contributed by atoms with Crippen LogP contribution in [-0.2, 0) is 24.5 Å². The van der Waals surface area contributed by atoms with E-state index in [9.17, 15) is 19.8 Å². The highest BCUT2D eigenvalue weighted by molar-refractivity contribution is 5.86. The van der Waals surface area contributed by atoms with Gasteiger partial charge in [-0.25, -0.2) is 9.59 Å². The third-order valence-electron chi connectivity index (χ3n) is 6.03. The first-order chi connectivity index (χ1) is 17.4. The fourth-order valence-corrected chi connectivity index (χ4v) is 3.12. The maximum Gasteiger partial charge on any atom is 0.330 e. The summed E-state index contributed by atoms with van der Waals surface area (Å²) in [7, 11) is 0. The van der Waals surface area contributed by atoms with Crippen molar-refractivity contribution in [2.24, 2.45) is 0 Å². The van der Waals surface area contributed by atoms with Crippen molar-refractivity contribution in [1.29, 1.82) is 0 Å². The number of phenols is 2. The molecule has 4 rings (SSSR count). The molecule has 2 unspecified atom stereocenters. The van der Waals surface area contributed by atoms with Gasteiger partial charge in [0, 0.05) is 16.6 Å². The van der Waals surface area contributed by atoms with Crippen molar-refractivity contribution < 1.29 is 39.5 Å². The van der Waals surface area contributed by atoms with Crippen molar-refractivity contribution in [2.75, 3.05) is 13.2 Å². The summed E-state index contributed by atoms with van der Waals surface area (Å²) in [5.41, 5.74) is 2.90. The number of ether oxygens (including phenoxy) is 2. The average Bonchev–Trinajstić information content (AvgIpc) is 3.77. The van der Waals surface area contributed by atoms with Crippen molar-refractivity contribution in [3.63, 3.8) is 0 Å². The summed E-state index contributed by atoms with van der Waals surface area (Å²) < 4.78 is 9.80. The van der Waals surface area contributed by atoms with E-state index < -0.39 is 11.9 Å². The van der Waals surface area contributed by atoms with Gasteiger partial charge in [-0.15, -0.1) is 0 Å². The van der Waals surface area contributed by atoms with Crippen LogP contribution in [0.4, 0.5) is 0 Å². The molecule has 2 fully saturated rings. The number of carboxylic acids is 2.